The maximum absolute atomic E-state index is 12.6. The number of fused-ring (bicyclic) bond motifs is 5. The van der Waals surface area contributed by atoms with Crippen LogP contribution in [0.4, 0.5) is 0 Å². The van der Waals surface area contributed by atoms with E-state index in [1.54, 1.807) is 5.57 Å². The molecule has 0 unspecified atom stereocenters. The van der Waals surface area contributed by atoms with Gasteiger partial charge in [-0.05, 0) is 94.5 Å². The largest absolute Gasteiger partial charge is 0.441 e. The fourth-order valence-electron chi connectivity index (χ4n) is 7.23. The van der Waals surface area contributed by atoms with Gasteiger partial charge in [-0.2, -0.15) is 0 Å². The highest BCUT2D eigenvalue weighted by Gasteiger charge is 2.63. The Kier molecular flexibility index (Phi) is 5.47. The molecule has 28 heavy (non-hydrogen) atoms. The number of carbonyl (C=O) groups excluding carboxylic acids is 1. The third kappa shape index (κ3) is 2.89. The molecule has 4 aliphatic carbocycles. The van der Waals surface area contributed by atoms with Crippen molar-refractivity contribution in [2.45, 2.75) is 90.6 Å². The smallest absolute Gasteiger partial charge is 0.307 e. The van der Waals surface area contributed by atoms with E-state index < -0.39 is 5.60 Å². The van der Waals surface area contributed by atoms with Gasteiger partial charge in [-0.15, -0.1) is 5.92 Å². The molecule has 152 valence electrons. The second-order valence-corrected chi connectivity index (χ2v) is 9.45. The molecule has 0 heterocycles. The Bertz CT molecular complexity index is 735. The first kappa shape index (κ1) is 19.8. The van der Waals surface area contributed by atoms with Crippen LogP contribution >= 0.6 is 0 Å². The summed E-state index contributed by atoms with van der Waals surface area (Å²) in [4.78, 5) is 12.6. The van der Waals surface area contributed by atoms with Crippen LogP contribution in [0.2, 0.25) is 0 Å². The number of hydrogen-bond donors (Lipinski definition) is 0. The lowest BCUT2D eigenvalue weighted by Crippen LogP contribution is -2.55. The van der Waals surface area contributed by atoms with Gasteiger partial charge in [-0.1, -0.05) is 37.5 Å². The zero-order chi connectivity index (χ0) is 19.8. The molecule has 0 aliphatic heterocycles. The average molecular weight is 381 g/mol. The maximum atomic E-state index is 12.6. The molecule has 0 aromatic heterocycles. The molecule has 0 aromatic rings. The molecule has 0 amide bonds. The van der Waals surface area contributed by atoms with Gasteiger partial charge in [-0.3, -0.25) is 4.79 Å². The summed E-state index contributed by atoms with van der Waals surface area (Å²) in [7, 11) is 0. The molecular weight excluding hydrogens is 344 g/mol. The van der Waals surface area contributed by atoms with E-state index in [1.807, 2.05) is 13.8 Å². The van der Waals surface area contributed by atoms with Gasteiger partial charge < -0.3 is 4.74 Å². The molecule has 2 fully saturated rings. The Morgan fingerprint density at radius 2 is 2.11 bits per heavy atom. The van der Waals surface area contributed by atoms with Crippen LogP contribution in [0.5, 0.6) is 0 Å². The summed E-state index contributed by atoms with van der Waals surface area (Å²) in [5.41, 5.74) is 0.991. The summed E-state index contributed by atoms with van der Waals surface area (Å²) in [6, 6.07) is 0. The predicted molar refractivity (Wildman–Crippen MR) is 113 cm³/mol. The summed E-state index contributed by atoms with van der Waals surface area (Å²) in [5.74, 6) is 9.26. The first-order chi connectivity index (χ1) is 13.6. The Hall–Kier alpha value is -1.49. The first-order valence-corrected chi connectivity index (χ1v) is 11.6. The lowest BCUT2D eigenvalue weighted by molar-refractivity contribution is -0.168. The molecule has 0 N–H and O–H groups in total. The molecule has 0 bridgehead atoms. The lowest BCUT2D eigenvalue weighted by atomic mass is 9.49. The Morgan fingerprint density at radius 1 is 1.25 bits per heavy atom. The third-order valence-electron chi connectivity index (χ3n) is 8.41. The number of ether oxygens (including phenoxy) is 1. The van der Waals surface area contributed by atoms with Crippen molar-refractivity contribution >= 4 is 5.97 Å². The molecule has 0 radical (unpaired) electrons. The summed E-state index contributed by atoms with van der Waals surface area (Å²) in [5, 5.41) is 0. The van der Waals surface area contributed by atoms with Gasteiger partial charge in [0.1, 0.15) is 0 Å². The van der Waals surface area contributed by atoms with Crippen LogP contribution in [0, 0.1) is 40.9 Å². The first-order valence-electron chi connectivity index (χ1n) is 11.6. The van der Waals surface area contributed by atoms with Crippen LogP contribution in [0.3, 0.4) is 0 Å². The van der Waals surface area contributed by atoms with Gasteiger partial charge in [0.2, 0.25) is 0 Å². The summed E-state index contributed by atoms with van der Waals surface area (Å²) in [6.07, 6.45) is 18.4. The number of hydrogen-bond acceptors (Lipinski definition) is 2. The number of allylic oxidation sites excluding steroid dienone is 3. The monoisotopic (exact) mass is 380 g/mol. The topological polar surface area (TPSA) is 26.3 Å². The van der Waals surface area contributed by atoms with Crippen molar-refractivity contribution < 1.29 is 9.53 Å². The van der Waals surface area contributed by atoms with Crippen LogP contribution in [-0.4, -0.2) is 11.6 Å². The van der Waals surface area contributed by atoms with Gasteiger partial charge in [0.25, 0.3) is 0 Å². The summed E-state index contributed by atoms with van der Waals surface area (Å²) >= 11 is 0. The molecule has 2 heteroatoms. The Morgan fingerprint density at radius 3 is 2.86 bits per heavy atom. The quantitative estimate of drug-likeness (QED) is 0.329. The molecule has 0 saturated heterocycles. The molecule has 2 saturated carbocycles. The van der Waals surface area contributed by atoms with Crippen molar-refractivity contribution in [3.8, 4) is 11.8 Å². The number of esters is 1. The Labute approximate surface area is 171 Å². The summed E-state index contributed by atoms with van der Waals surface area (Å²) < 4.78 is 6.22. The van der Waals surface area contributed by atoms with E-state index in [4.69, 9.17) is 4.74 Å². The minimum Gasteiger partial charge on any atom is -0.441 e. The molecule has 4 rings (SSSR count). The molecular formula is C26H36O2. The molecule has 6 atom stereocenters. The number of rotatable bonds is 4. The van der Waals surface area contributed by atoms with Crippen molar-refractivity contribution in [1.29, 1.82) is 0 Å². The zero-order valence-electron chi connectivity index (χ0n) is 17.9. The van der Waals surface area contributed by atoms with E-state index in [0.29, 0.717) is 12.3 Å². The molecule has 0 spiro atoms. The van der Waals surface area contributed by atoms with E-state index in [1.165, 1.54) is 38.5 Å². The predicted octanol–water partition coefficient (Wildman–Crippen LogP) is 6.22. The van der Waals surface area contributed by atoms with Gasteiger partial charge >= 0.3 is 5.97 Å². The third-order valence-corrected chi connectivity index (χ3v) is 8.41. The molecule has 2 nitrogen and oxygen atoms in total. The minimum absolute atomic E-state index is 0.0452. The van der Waals surface area contributed by atoms with Crippen LogP contribution in [0.15, 0.2) is 23.8 Å². The second-order valence-electron chi connectivity index (χ2n) is 9.45. The fourth-order valence-corrected chi connectivity index (χ4v) is 7.23. The molecule has 0 aromatic carbocycles. The van der Waals surface area contributed by atoms with E-state index in [9.17, 15) is 4.79 Å². The highest BCUT2D eigenvalue weighted by molar-refractivity contribution is 5.71. The normalized spacial score (nSPS) is 41.0. The van der Waals surface area contributed by atoms with Gasteiger partial charge in [0.05, 0.1) is 0 Å². The maximum Gasteiger partial charge on any atom is 0.307 e. The van der Waals surface area contributed by atoms with Gasteiger partial charge in [0, 0.05) is 11.8 Å². The van der Waals surface area contributed by atoms with Crippen molar-refractivity contribution in [3.05, 3.63) is 23.8 Å². The summed E-state index contributed by atoms with van der Waals surface area (Å²) in [6.45, 7) is 6.20. The van der Waals surface area contributed by atoms with Crippen LogP contribution in [0.25, 0.3) is 0 Å². The van der Waals surface area contributed by atoms with Crippen LogP contribution in [-0.2, 0) is 9.53 Å². The zero-order valence-corrected chi connectivity index (χ0v) is 17.9. The van der Waals surface area contributed by atoms with Crippen LogP contribution < -0.4 is 0 Å². The van der Waals surface area contributed by atoms with Crippen molar-refractivity contribution in [3.63, 3.8) is 0 Å². The van der Waals surface area contributed by atoms with E-state index >= 15 is 0 Å². The fraction of sp³-hybridized carbons (Fsp3) is 0.731. The minimum atomic E-state index is -0.721. The van der Waals surface area contributed by atoms with E-state index in [0.717, 1.165) is 37.0 Å². The number of carbonyl (C=O) groups is 1. The SMILES string of the molecule is CC#C[C@]1(OC(=O)CCC)C=C[C@H]2[C@@H]3CCC4=CCCC[C@@H]4[C@H]3CC[C@@]21CC. The molecule has 4 aliphatic rings. The van der Waals surface area contributed by atoms with Crippen molar-refractivity contribution in [2.24, 2.45) is 29.1 Å². The lowest BCUT2D eigenvalue weighted by Gasteiger charge is -2.56. The highest BCUT2D eigenvalue weighted by Crippen LogP contribution is 2.64. The van der Waals surface area contributed by atoms with Crippen molar-refractivity contribution in [1.82, 2.24) is 0 Å². The highest BCUT2D eigenvalue weighted by atomic mass is 16.6. The van der Waals surface area contributed by atoms with Crippen molar-refractivity contribution in [2.75, 3.05) is 0 Å². The standard InChI is InChI=1S/C26H36O2/c1-4-9-24(27)28-26(16-5-2)18-15-23-22-13-12-19-10-7-8-11-20(19)21(22)14-17-25(23,26)6-3/h10,15,18,20-23H,4,6-9,11-14,17H2,1-3H3/t20-,21+,22+,23-,25-,26-/m0/s1. The van der Waals surface area contributed by atoms with E-state index in [2.05, 4.69) is 37.0 Å². The second kappa shape index (κ2) is 7.74. The average Bonchev–Trinajstić information content (AvgIpc) is 3.02. The Balaban J connectivity index is 1.67. The van der Waals surface area contributed by atoms with Gasteiger partial charge in [-0.25, -0.2) is 0 Å². The van der Waals surface area contributed by atoms with Gasteiger partial charge in [0.15, 0.2) is 5.60 Å². The van der Waals surface area contributed by atoms with Crippen LogP contribution in [0.1, 0.15) is 85.0 Å². The van der Waals surface area contributed by atoms with E-state index in [-0.39, 0.29) is 11.4 Å².